The molecule has 0 saturated carbocycles. The third kappa shape index (κ3) is 5.74. The van der Waals surface area contributed by atoms with Gasteiger partial charge in [0, 0.05) is 35.1 Å². The van der Waals surface area contributed by atoms with Gasteiger partial charge in [0.15, 0.2) is 6.54 Å². The summed E-state index contributed by atoms with van der Waals surface area (Å²) in [5, 5.41) is 3.69. The van der Waals surface area contributed by atoms with Crippen LogP contribution in [0.15, 0.2) is 48.5 Å². The summed E-state index contributed by atoms with van der Waals surface area (Å²) in [7, 11) is 0. The largest absolute Gasteiger partial charge is 0.360 e. The summed E-state index contributed by atoms with van der Waals surface area (Å²) < 4.78 is 0. The maximum atomic E-state index is 12.5. The van der Waals surface area contributed by atoms with Gasteiger partial charge in [0.05, 0.1) is 26.2 Å². The Kier molecular flexibility index (Phi) is 7.71. The van der Waals surface area contributed by atoms with Gasteiger partial charge < -0.3 is 20.0 Å². The number of amides is 2. The molecule has 7 heteroatoms. The van der Waals surface area contributed by atoms with Crippen molar-refractivity contribution in [2.45, 2.75) is 13.8 Å². The number of nitrogens with one attached hydrogen (secondary N) is 2. The summed E-state index contributed by atoms with van der Waals surface area (Å²) in [5.41, 5.74) is 2.48. The van der Waals surface area contributed by atoms with Crippen LogP contribution in [0.2, 0.25) is 5.02 Å². The van der Waals surface area contributed by atoms with Gasteiger partial charge in [0.25, 0.3) is 11.8 Å². The van der Waals surface area contributed by atoms with Crippen LogP contribution >= 0.6 is 11.6 Å². The molecule has 1 saturated heterocycles. The number of hydrogen-bond acceptors (Lipinski definition) is 3. The highest BCUT2D eigenvalue weighted by molar-refractivity contribution is 6.30. The fourth-order valence-corrected chi connectivity index (χ4v) is 3.94. The third-order valence-electron chi connectivity index (χ3n) is 5.52. The first-order valence-electron chi connectivity index (χ1n) is 10.5. The molecule has 0 radical (unpaired) electrons. The number of quaternary nitrogens is 1. The van der Waals surface area contributed by atoms with Crippen molar-refractivity contribution in [2.75, 3.05) is 56.0 Å². The van der Waals surface area contributed by atoms with Crippen molar-refractivity contribution in [2.24, 2.45) is 0 Å². The molecule has 0 aliphatic carbocycles. The molecule has 2 aromatic rings. The van der Waals surface area contributed by atoms with Crippen LogP contribution in [0.4, 0.5) is 11.4 Å². The monoisotopic (exact) mass is 429 g/mol. The summed E-state index contributed by atoms with van der Waals surface area (Å²) in [6.45, 7) is 9.32. The first-order chi connectivity index (χ1) is 14.5. The molecule has 3 rings (SSSR count). The normalized spacial score (nSPS) is 14.4. The highest BCUT2D eigenvalue weighted by Crippen LogP contribution is 2.19. The van der Waals surface area contributed by atoms with Crippen LogP contribution in [0, 0.1) is 0 Å². The van der Waals surface area contributed by atoms with E-state index in [1.165, 1.54) is 4.90 Å². The Morgan fingerprint density at radius 2 is 1.73 bits per heavy atom. The number of anilines is 2. The summed E-state index contributed by atoms with van der Waals surface area (Å²) in [6, 6.07) is 15.0. The Bertz CT molecular complexity index is 860. The van der Waals surface area contributed by atoms with Crippen LogP contribution in [-0.2, 0) is 4.79 Å². The molecule has 30 heavy (non-hydrogen) atoms. The molecule has 0 spiro atoms. The van der Waals surface area contributed by atoms with Crippen molar-refractivity contribution in [1.29, 1.82) is 0 Å². The Morgan fingerprint density at radius 1 is 1.07 bits per heavy atom. The highest BCUT2D eigenvalue weighted by Gasteiger charge is 2.22. The van der Waals surface area contributed by atoms with Gasteiger partial charge in [-0.1, -0.05) is 17.7 Å². The standard InChI is InChI=1S/C23H29ClN4O2/c1-3-27(4-2)23(30)18-8-10-20(11-9-18)25-22(29)17-26-12-14-28(15-13-26)21-7-5-6-19(24)16-21/h5-11,16H,3-4,12-15,17H2,1-2H3,(H,25,29)/p+1. The zero-order valence-electron chi connectivity index (χ0n) is 17.7. The highest BCUT2D eigenvalue weighted by atomic mass is 35.5. The van der Waals surface area contributed by atoms with Gasteiger partial charge in [0.1, 0.15) is 0 Å². The molecule has 1 aliphatic rings. The minimum Gasteiger partial charge on any atom is -0.360 e. The summed E-state index contributed by atoms with van der Waals surface area (Å²) in [6.07, 6.45) is 0. The molecular formula is C23H30ClN4O2+. The minimum atomic E-state index is -0.0102. The van der Waals surface area contributed by atoms with Crippen molar-refractivity contribution < 1.29 is 14.5 Å². The molecule has 2 N–H and O–H groups in total. The van der Waals surface area contributed by atoms with E-state index in [0.29, 0.717) is 30.9 Å². The van der Waals surface area contributed by atoms with Gasteiger partial charge in [0.2, 0.25) is 0 Å². The number of benzene rings is 2. The maximum absolute atomic E-state index is 12.5. The third-order valence-corrected chi connectivity index (χ3v) is 5.76. The average molecular weight is 430 g/mol. The van der Waals surface area contributed by atoms with Crippen molar-refractivity contribution in [3.63, 3.8) is 0 Å². The van der Waals surface area contributed by atoms with Crippen LogP contribution in [0.1, 0.15) is 24.2 Å². The van der Waals surface area contributed by atoms with E-state index in [4.69, 9.17) is 11.6 Å². The van der Waals surface area contributed by atoms with E-state index < -0.39 is 0 Å². The van der Waals surface area contributed by atoms with Crippen molar-refractivity contribution in [3.05, 3.63) is 59.1 Å². The fourth-order valence-electron chi connectivity index (χ4n) is 3.75. The first kappa shape index (κ1) is 22.1. The number of piperazine rings is 1. The van der Waals surface area contributed by atoms with E-state index >= 15 is 0 Å². The van der Waals surface area contributed by atoms with Crippen LogP contribution in [0.5, 0.6) is 0 Å². The van der Waals surface area contributed by atoms with Gasteiger partial charge >= 0.3 is 0 Å². The zero-order chi connectivity index (χ0) is 21.5. The minimum absolute atomic E-state index is 0.0102. The quantitative estimate of drug-likeness (QED) is 0.709. The lowest BCUT2D eigenvalue weighted by Crippen LogP contribution is -3.15. The molecule has 0 aromatic heterocycles. The van der Waals surface area contributed by atoms with E-state index in [0.717, 1.165) is 36.9 Å². The number of rotatable bonds is 7. The Hall–Kier alpha value is -2.57. The van der Waals surface area contributed by atoms with Gasteiger partial charge in [-0.15, -0.1) is 0 Å². The molecule has 1 aliphatic heterocycles. The fraction of sp³-hybridized carbons (Fsp3) is 0.391. The number of carbonyl (C=O) groups excluding carboxylic acids is 2. The number of halogens is 1. The second-order valence-electron chi connectivity index (χ2n) is 7.50. The molecule has 6 nitrogen and oxygen atoms in total. The number of nitrogens with zero attached hydrogens (tertiary/aromatic N) is 2. The number of carbonyl (C=O) groups is 2. The molecular weight excluding hydrogens is 400 g/mol. The Balaban J connectivity index is 1.47. The maximum Gasteiger partial charge on any atom is 0.279 e. The van der Waals surface area contributed by atoms with Crippen molar-refractivity contribution in [1.82, 2.24) is 4.90 Å². The lowest BCUT2D eigenvalue weighted by atomic mass is 10.1. The second kappa shape index (κ2) is 10.5. The van der Waals surface area contributed by atoms with E-state index in [1.54, 1.807) is 29.2 Å². The molecule has 2 amide bonds. The lowest BCUT2D eigenvalue weighted by Gasteiger charge is -2.33. The van der Waals surface area contributed by atoms with Gasteiger partial charge in [-0.2, -0.15) is 0 Å². The van der Waals surface area contributed by atoms with Gasteiger partial charge in [-0.25, -0.2) is 0 Å². The molecule has 160 valence electrons. The van der Waals surface area contributed by atoms with E-state index in [1.807, 2.05) is 32.0 Å². The van der Waals surface area contributed by atoms with Gasteiger partial charge in [-0.3, -0.25) is 9.59 Å². The predicted molar refractivity (Wildman–Crippen MR) is 122 cm³/mol. The van der Waals surface area contributed by atoms with Crippen LogP contribution in [0.25, 0.3) is 0 Å². The zero-order valence-corrected chi connectivity index (χ0v) is 18.4. The summed E-state index contributed by atoms with van der Waals surface area (Å²) in [5.74, 6) is 0.00363. The van der Waals surface area contributed by atoms with Crippen molar-refractivity contribution in [3.8, 4) is 0 Å². The Labute approximate surface area is 183 Å². The first-order valence-corrected chi connectivity index (χ1v) is 10.9. The molecule has 1 fully saturated rings. The van der Waals surface area contributed by atoms with E-state index in [2.05, 4.69) is 16.3 Å². The molecule has 0 unspecified atom stereocenters. The molecule has 0 atom stereocenters. The Morgan fingerprint density at radius 3 is 2.33 bits per heavy atom. The predicted octanol–water partition coefficient (Wildman–Crippen LogP) is 2.17. The van der Waals surface area contributed by atoms with Crippen LogP contribution in [-0.4, -0.2) is 62.5 Å². The smallest absolute Gasteiger partial charge is 0.279 e. The van der Waals surface area contributed by atoms with Gasteiger partial charge in [-0.05, 0) is 56.3 Å². The summed E-state index contributed by atoms with van der Waals surface area (Å²) >= 11 is 6.09. The topological polar surface area (TPSA) is 57.1 Å². The van der Waals surface area contributed by atoms with Crippen molar-refractivity contribution >= 4 is 34.8 Å². The van der Waals surface area contributed by atoms with E-state index in [9.17, 15) is 9.59 Å². The second-order valence-corrected chi connectivity index (χ2v) is 7.93. The van der Waals surface area contributed by atoms with Crippen LogP contribution < -0.4 is 15.1 Å². The summed E-state index contributed by atoms with van der Waals surface area (Å²) in [4.78, 5) is 30.2. The molecule has 2 aromatic carbocycles. The lowest BCUT2D eigenvalue weighted by molar-refractivity contribution is -0.892. The SMILES string of the molecule is CCN(CC)C(=O)c1ccc(NC(=O)C[NH+]2CCN(c3cccc(Cl)c3)CC2)cc1. The average Bonchev–Trinajstić information content (AvgIpc) is 2.75. The molecule has 1 heterocycles. The van der Waals surface area contributed by atoms with Crippen LogP contribution in [0.3, 0.4) is 0 Å². The molecule has 0 bridgehead atoms. The van der Waals surface area contributed by atoms with E-state index in [-0.39, 0.29) is 11.8 Å². The number of hydrogen-bond donors (Lipinski definition) is 2.